The van der Waals surface area contributed by atoms with Crippen LogP contribution in [0.1, 0.15) is 11.8 Å². The van der Waals surface area contributed by atoms with Crippen molar-refractivity contribution >= 4 is 17.5 Å². The number of rotatable bonds is 5. The fourth-order valence-corrected chi connectivity index (χ4v) is 2.16. The van der Waals surface area contributed by atoms with E-state index in [2.05, 4.69) is 20.7 Å². The van der Waals surface area contributed by atoms with E-state index in [0.717, 1.165) is 0 Å². The van der Waals surface area contributed by atoms with Crippen LogP contribution in [0.15, 0.2) is 65.8 Å². The maximum atomic E-state index is 12.0. The van der Waals surface area contributed by atoms with Gasteiger partial charge in [-0.3, -0.25) is 19.3 Å². The zero-order chi connectivity index (χ0) is 16.8. The number of aromatic nitrogens is 3. The molecular formula is C16H15N5O3. The monoisotopic (exact) mass is 325 g/mol. The van der Waals surface area contributed by atoms with Crippen molar-refractivity contribution in [1.29, 1.82) is 0 Å². The Labute approximate surface area is 137 Å². The first kappa shape index (κ1) is 15.5. The number of amides is 2. The minimum atomic E-state index is -0.762. The predicted molar refractivity (Wildman–Crippen MR) is 85.0 cm³/mol. The van der Waals surface area contributed by atoms with Crippen molar-refractivity contribution in [3.8, 4) is 0 Å². The maximum Gasteiger partial charge on any atom is 0.313 e. The van der Waals surface area contributed by atoms with Crippen LogP contribution in [0.4, 0.5) is 5.69 Å². The Bertz CT molecular complexity index is 750. The molecule has 24 heavy (non-hydrogen) atoms. The summed E-state index contributed by atoms with van der Waals surface area (Å²) in [5.74, 6) is -0.879. The smallest absolute Gasteiger partial charge is 0.313 e. The first-order valence-electron chi connectivity index (χ1n) is 7.26. The Balaban J connectivity index is 1.62. The van der Waals surface area contributed by atoms with Crippen LogP contribution in [0, 0.1) is 0 Å². The normalized spacial score (nSPS) is 11.7. The molecule has 0 aliphatic carbocycles. The molecule has 1 unspecified atom stereocenters. The lowest BCUT2D eigenvalue weighted by Gasteiger charge is -2.16. The van der Waals surface area contributed by atoms with E-state index in [0.29, 0.717) is 11.4 Å². The molecule has 0 saturated carbocycles. The molecule has 0 aliphatic heterocycles. The molecule has 3 aromatic rings. The third-order valence-electron chi connectivity index (χ3n) is 3.30. The van der Waals surface area contributed by atoms with Crippen molar-refractivity contribution in [1.82, 2.24) is 20.1 Å². The SMILES string of the molecule is O=C(NCC(c1ccco1)n1cccn1)C(=O)Nc1cccnc1. The average molecular weight is 325 g/mol. The lowest BCUT2D eigenvalue weighted by molar-refractivity contribution is -0.136. The second kappa shape index (κ2) is 7.23. The molecule has 2 N–H and O–H groups in total. The number of carbonyl (C=O) groups excluding carboxylic acids is 2. The van der Waals surface area contributed by atoms with Gasteiger partial charge in [0, 0.05) is 25.1 Å². The molecule has 0 fully saturated rings. The highest BCUT2D eigenvalue weighted by molar-refractivity contribution is 6.39. The quantitative estimate of drug-likeness (QED) is 0.687. The second-order valence-corrected chi connectivity index (χ2v) is 4.92. The van der Waals surface area contributed by atoms with Crippen molar-refractivity contribution in [2.75, 3.05) is 11.9 Å². The Hall–Kier alpha value is -3.42. The van der Waals surface area contributed by atoms with E-state index >= 15 is 0 Å². The fourth-order valence-electron chi connectivity index (χ4n) is 2.16. The number of hydrogen-bond acceptors (Lipinski definition) is 5. The van der Waals surface area contributed by atoms with E-state index < -0.39 is 11.8 Å². The van der Waals surface area contributed by atoms with Crippen LogP contribution >= 0.6 is 0 Å². The van der Waals surface area contributed by atoms with Gasteiger partial charge in [-0.25, -0.2) is 0 Å². The molecule has 3 heterocycles. The van der Waals surface area contributed by atoms with Gasteiger partial charge in [-0.2, -0.15) is 5.10 Å². The van der Waals surface area contributed by atoms with Crippen molar-refractivity contribution in [3.05, 3.63) is 67.1 Å². The van der Waals surface area contributed by atoms with Crippen LogP contribution in [-0.2, 0) is 9.59 Å². The first-order chi connectivity index (χ1) is 11.7. The van der Waals surface area contributed by atoms with E-state index in [9.17, 15) is 9.59 Å². The molecule has 3 aromatic heterocycles. The van der Waals surface area contributed by atoms with Gasteiger partial charge in [-0.15, -0.1) is 0 Å². The van der Waals surface area contributed by atoms with Gasteiger partial charge in [0.25, 0.3) is 0 Å². The van der Waals surface area contributed by atoms with Crippen LogP contribution in [-0.4, -0.2) is 33.1 Å². The van der Waals surface area contributed by atoms with Gasteiger partial charge in [0.2, 0.25) is 0 Å². The predicted octanol–water partition coefficient (Wildman–Crippen LogP) is 1.22. The summed E-state index contributed by atoms with van der Waals surface area (Å²) in [4.78, 5) is 27.8. The van der Waals surface area contributed by atoms with Crippen molar-refractivity contribution < 1.29 is 14.0 Å². The molecular weight excluding hydrogens is 310 g/mol. The summed E-state index contributed by atoms with van der Waals surface area (Å²) in [5, 5.41) is 9.22. The molecule has 2 amide bonds. The summed E-state index contributed by atoms with van der Waals surface area (Å²) in [6, 6.07) is 8.28. The van der Waals surface area contributed by atoms with E-state index in [1.54, 1.807) is 59.9 Å². The van der Waals surface area contributed by atoms with E-state index in [4.69, 9.17) is 4.42 Å². The number of carbonyl (C=O) groups is 2. The topological polar surface area (TPSA) is 102 Å². The van der Waals surface area contributed by atoms with Gasteiger partial charge in [-0.05, 0) is 30.3 Å². The summed E-state index contributed by atoms with van der Waals surface area (Å²) in [6.45, 7) is 0.161. The highest BCUT2D eigenvalue weighted by Crippen LogP contribution is 2.17. The standard InChI is InChI=1S/C16H15N5O3/c22-15(16(23)20-12-4-1-6-17-10-12)18-11-13(14-5-2-9-24-14)21-8-3-7-19-21/h1-10,13H,11H2,(H,18,22)(H,20,23). The van der Waals surface area contributed by atoms with Crippen LogP contribution in [0.25, 0.3) is 0 Å². The van der Waals surface area contributed by atoms with Crippen LogP contribution in [0.3, 0.4) is 0 Å². The van der Waals surface area contributed by atoms with Gasteiger partial charge in [0.1, 0.15) is 11.8 Å². The number of nitrogens with zero attached hydrogens (tertiary/aromatic N) is 3. The molecule has 0 radical (unpaired) electrons. The molecule has 122 valence electrons. The molecule has 8 heteroatoms. The Morgan fingerprint density at radius 3 is 2.75 bits per heavy atom. The van der Waals surface area contributed by atoms with Gasteiger partial charge < -0.3 is 15.1 Å². The summed E-state index contributed by atoms with van der Waals surface area (Å²) < 4.78 is 7.04. The van der Waals surface area contributed by atoms with E-state index in [1.807, 2.05) is 0 Å². The average Bonchev–Trinajstić information content (AvgIpc) is 3.30. The number of pyridine rings is 1. The minimum Gasteiger partial charge on any atom is -0.467 e. The number of hydrogen-bond donors (Lipinski definition) is 2. The molecule has 0 aliphatic rings. The Morgan fingerprint density at radius 1 is 1.17 bits per heavy atom. The molecule has 0 spiro atoms. The number of anilines is 1. The zero-order valence-corrected chi connectivity index (χ0v) is 12.6. The van der Waals surface area contributed by atoms with E-state index in [1.165, 1.54) is 6.20 Å². The maximum absolute atomic E-state index is 12.0. The molecule has 3 rings (SSSR count). The van der Waals surface area contributed by atoms with Gasteiger partial charge in [-0.1, -0.05) is 0 Å². The van der Waals surface area contributed by atoms with Gasteiger partial charge in [0.15, 0.2) is 0 Å². The van der Waals surface area contributed by atoms with Crippen molar-refractivity contribution in [3.63, 3.8) is 0 Å². The lowest BCUT2D eigenvalue weighted by atomic mass is 10.2. The number of furan rings is 1. The highest BCUT2D eigenvalue weighted by atomic mass is 16.3. The van der Waals surface area contributed by atoms with Crippen molar-refractivity contribution in [2.24, 2.45) is 0 Å². The molecule has 0 saturated heterocycles. The van der Waals surface area contributed by atoms with Gasteiger partial charge in [0.05, 0.1) is 18.1 Å². The zero-order valence-electron chi connectivity index (χ0n) is 12.6. The first-order valence-corrected chi connectivity index (χ1v) is 7.26. The Kier molecular flexibility index (Phi) is 4.66. The van der Waals surface area contributed by atoms with E-state index in [-0.39, 0.29) is 12.6 Å². The van der Waals surface area contributed by atoms with Gasteiger partial charge >= 0.3 is 11.8 Å². The summed E-state index contributed by atoms with van der Waals surface area (Å²) >= 11 is 0. The minimum absolute atomic E-state index is 0.161. The third kappa shape index (κ3) is 3.67. The second-order valence-electron chi connectivity index (χ2n) is 4.92. The summed E-state index contributed by atoms with van der Waals surface area (Å²) in [5.41, 5.74) is 0.451. The molecule has 0 aromatic carbocycles. The largest absolute Gasteiger partial charge is 0.467 e. The third-order valence-corrected chi connectivity index (χ3v) is 3.30. The highest BCUT2D eigenvalue weighted by Gasteiger charge is 2.20. The summed E-state index contributed by atoms with van der Waals surface area (Å²) in [6.07, 6.45) is 7.97. The van der Waals surface area contributed by atoms with Crippen LogP contribution in [0.2, 0.25) is 0 Å². The summed E-state index contributed by atoms with van der Waals surface area (Å²) in [7, 11) is 0. The van der Waals surface area contributed by atoms with Crippen LogP contribution < -0.4 is 10.6 Å². The molecule has 1 atom stereocenters. The lowest BCUT2D eigenvalue weighted by Crippen LogP contribution is -2.38. The molecule has 8 nitrogen and oxygen atoms in total. The number of nitrogens with one attached hydrogen (secondary N) is 2. The fraction of sp³-hybridized carbons (Fsp3) is 0.125. The van der Waals surface area contributed by atoms with Crippen LogP contribution in [0.5, 0.6) is 0 Å². The van der Waals surface area contributed by atoms with Crippen molar-refractivity contribution in [2.45, 2.75) is 6.04 Å². The molecule has 0 bridgehead atoms. The Morgan fingerprint density at radius 2 is 2.08 bits per heavy atom.